The van der Waals surface area contributed by atoms with Gasteiger partial charge in [-0.2, -0.15) is 0 Å². The minimum atomic E-state index is -0.433. The first-order chi connectivity index (χ1) is 10.5. The van der Waals surface area contributed by atoms with Crippen LogP contribution in [0.1, 0.15) is 11.1 Å². The molecule has 0 spiro atoms. The average molecular weight is 296 g/mol. The minimum absolute atomic E-state index is 0.00251. The molecule has 6 heteroatoms. The standard InChI is InChI=1S/C16H16N4O2/c1-11(14-5-3-4-6-16(14)20(21)22)19-13-8-7-12(10-18-2)15(17)9-13/h3-10,19H,1,17H2,2H3. The van der Waals surface area contributed by atoms with Gasteiger partial charge in [-0.05, 0) is 24.3 Å². The second kappa shape index (κ2) is 6.53. The number of rotatable bonds is 5. The van der Waals surface area contributed by atoms with Gasteiger partial charge in [0.15, 0.2) is 0 Å². The first-order valence-electron chi connectivity index (χ1n) is 6.54. The Labute approximate surface area is 128 Å². The fourth-order valence-electron chi connectivity index (χ4n) is 2.04. The Morgan fingerprint density at radius 2 is 2.09 bits per heavy atom. The SMILES string of the molecule is C=C(Nc1ccc(C=NC)c(N)c1)c1ccccc1[N+](=O)[O-]. The van der Waals surface area contributed by atoms with Crippen molar-refractivity contribution in [3.8, 4) is 0 Å². The lowest BCUT2D eigenvalue weighted by molar-refractivity contribution is -0.385. The van der Waals surface area contributed by atoms with Gasteiger partial charge in [0.1, 0.15) is 0 Å². The summed E-state index contributed by atoms with van der Waals surface area (Å²) >= 11 is 0. The van der Waals surface area contributed by atoms with Crippen molar-refractivity contribution in [1.82, 2.24) is 0 Å². The molecule has 0 saturated carbocycles. The van der Waals surface area contributed by atoms with Gasteiger partial charge in [-0.25, -0.2) is 0 Å². The quantitative estimate of drug-likeness (QED) is 0.383. The van der Waals surface area contributed by atoms with Crippen LogP contribution in [0.25, 0.3) is 5.70 Å². The van der Waals surface area contributed by atoms with Crippen LogP contribution < -0.4 is 11.1 Å². The molecular formula is C16H16N4O2. The normalized spacial score (nSPS) is 10.6. The molecule has 112 valence electrons. The number of nitrogens with zero attached hydrogens (tertiary/aromatic N) is 2. The van der Waals surface area contributed by atoms with E-state index in [1.54, 1.807) is 37.5 Å². The molecule has 0 atom stereocenters. The summed E-state index contributed by atoms with van der Waals surface area (Å²) in [4.78, 5) is 14.5. The highest BCUT2D eigenvalue weighted by molar-refractivity contribution is 5.89. The molecule has 0 fully saturated rings. The van der Waals surface area contributed by atoms with E-state index in [1.807, 2.05) is 12.1 Å². The van der Waals surface area contributed by atoms with Crippen molar-refractivity contribution in [2.24, 2.45) is 4.99 Å². The second-order valence-electron chi connectivity index (χ2n) is 4.61. The third kappa shape index (κ3) is 3.29. The molecule has 3 N–H and O–H groups in total. The largest absolute Gasteiger partial charge is 0.398 e. The lowest BCUT2D eigenvalue weighted by Gasteiger charge is -2.11. The van der Waals surface area contributed by atoms with E-state index in [-0.39, 0.29) is 5.69 Å². The van der Waals surface area contributed by atoms with E-state index in [0.717, 1.165) is 5.56 Å². The molecule has 0 bridgehead atoms. The van der Waals surface area contributed by atoms with Crippen LogP contribution in [0.3, 0.4) is 0 Å². The van der Waals surface area contributed by atoms with Gasteiger partial charge in [-0.3, -0.25) is 15.1 Å². The summed E-state index contributed by atoms with van der Waals surface area (Å²) in [7, 11) is 1.67. The summed E-state index contributed by atoms with van der Waals surface area (Å²) in [5.74, 6) is 0. The van der Waals surface area contributed by atoms with Gasteiger partial charge in [0.05, 0.1) is 10.5 Å². The number of nitro benzene ring substituents is 1. The predicted molar refractivity (Wildman–Crippen MR) is 90.1 cm³/mol. The molecule has 2 aromatic carbocycles. The molecule has 6 nitrogen and oxygen atoms in total. The van der Waals surface area contributed by atoms with Crippen LogP contribution >= 0.6 is 0 Å². The van der Waals surface area contributed by atoms with Crippen LogP contribution in [0.15, 0.2) is 54.0 Å². The van der Waals surface area contributed by atoms with Crippen molar-refractivity contribution in [1.29, 1.82) is 0 Å². The zero-order chi connectivity index (χ0) is 16.1. The van der Waals surface area contributed by atoms with Crippen molar-refractivity contribution in [3.63, 3.8) is 0 Å². The maximum atomic E-state index is 11.1. The van der Waals surface area contributed by atoms with Crippen LogP contribution in [0, 0.1) is 10.1 Å². The van der Waals surface area contributed by atoms with Crippen molar-refractivity contribution in [3.05, 3.63) is 70.3 Å². The van der Waals surface area contributed by atoms with Gasteiger partial charge < -0.3 is 11.1 Å². The zero-order valence-electron chi connectivity index (χ0n) is 12.1. The average Bonchev–Trinajstić information content (AvgIpc) is 2.50. The number of nitrogen functional groups attached to an aromatic ring is 1. The van der Waals surface area contributed by atoms with Gasteiger partial charge in [0.25, 0.3) is 5.69 Å². The number of nitrogens with two attached hydrogens (primary N) is 1. The van der Waals surface area contributed by atoms with Gasteiger partial charge >= 0.3 is 0 Å². The Bertz CT molecular complexity index is 754. The van der Waals surface area contributed by atoms with Gasteiger partial charge in [-0.15, -0.1) is 0 Å². The molecule has 0 aliphatic carbocycles. The fourth-order valence-corrected chi connectivity index (χ4v) is 2.04. The summed E-state index contributed by atoms with van der Waals surface area (Å²) < 4.78 is 0. The highest BCUT2D eigenvalue weighted by Gasteiger charge is 2.15. The number of hydrogen-bond donors (Lipinski definition) is 2. The smallest absolute Gasteiger partial charge is 0.278 e. The third-order valence-corrected chi connectivity index (χ3v) is 3.08. The van der Waals surface area contributed by atoms with Crippen molar-refractivity contribution in [2.45, 2.75) is 0 Å². The summed E-state index contributed by atoms with van der Waals surface area (Å²) in [6.07, 6.45) is 1.66. The Morgan fingerprint density at radius 3 is 2.73 bits per heavy atom. The van der Waals surface area contributed by atoms with Crippen molar-refractivity contribution < 1.29 is 4.92 Å². The second-order valence-corrected chi connectivity index (χ2v) is 4.61. The van der Waals surface area contributed by atoms with Crippen LogP contribution in [0.4, 0.5) is 17.1 Å². The zero-order valence-corrected chi connectivity index (χ0v) is 12.1. The van der Waals surface area contributed by atoms with Gasteiger partial charge in [0.2, 0.25) is 0 Å². The van der Waals surface area contributed by atoms with E-state index >= 15 is 0 Å². The summed E-state index contributed by atoms with van der Waals surface area (Å²) in [6.45, 7) is 3.87. The Kier molecular flexibility index (Phi) is 4.53. The van der Waals surface area contributed by atoms with Crippen molar-refractivity contribution in [2.75, 3.05) is 18.1 Å². The lowest BCUT2D eigenvalue weighted by atomic mass is 10.1. The number of anilines is 2. The number of nitrogens with one attached hydrogen (secondary N) is 1. The van der Waals surface area contributed by atoms with E-state index in [4.69, 9.17) is 5.73 Å². The molecule has 2 aromatic rings. The van der Waals surface area contributed by atoms with E-state index in [1.165, 1.54) is 6.07 Å². The van der Waals surface area contributed by atoms with Crippen LogP contribution in [0.5, 0.6) is 0 Å². The fraction of sp³-hybridized carbons (Fsp3) is 0.0625. The number of hydrogen-bond acceptors (Lipinski definition) is 5. The van der Waals surface area contributed by atoms with E-state index in [2.05, 4.69) is 16.9 Å². The van der Waals surface area contributed by atoms with Crippen LogP contribution in [-0.4, -0.2) is 18.2 Å². The third-order valence-electron chi connectivity index (χ3n) is 3.08. The Hall–Kier alpha value is -3.15. The maximum Gasteiger partial charge on any atom is 0.278 e. The number of nitro groups is 1. The van der Waals surface area contributed by atoms with E-state index in [9.17, 15) is 10.1 Å². The minimum Gasteiger partial charge on any atom is -0.398 e. The number of aliphatic imine (C=N–C) groups is 1. The number of para-hydroxylation sites is 1. The highest BCUT2D eigenvalue weighted by Crippen LogP contribution is 2.27. The molecule has 0 heterocycles. The van der Waals surface area contributed by atoms with Crippen LogP contribution in [0.2, 0.25) is 0 Å². The summed E-state index contributed by atoms with van der Waals surface area (Å²) in [5.41, 5.74) is 8.88. The molecule has 0 radical (unpaired) electrons. The van der Waals surface area contributed by atoms with E-state index in [0.29, 0.717) is 22.6 Å². The maximum absolute atomic E-state index is 11.1. The monoisotopic (exact) mass is 296 g/mol. The Balaban J connectivity index is 2.26. The summed E-state index contributed by atoms with van der Waals surface area (Å²) in [6, 6.07) is 11.8. The molecule has 22 heavy (non-hydrogen) atoms. The molecule has 0 amide bonds. The highest BCUT2D eigenvalue weighted by atomic mass is 16.6. The molecule has 0 unspecified atom stereocenters. The molecule has 0 aliphatic heterocycles. The van der Waals surface area contributed by atoms with Gasteiger partial charge in [0, 0.05) is 42.0 Å². The van der Waals surface area contributed by atoms with Crippen molar-refractivity contribution >= 4 is 29.0 Å². The first kappa shape index (κ1) is 15.2. The van der Waals surface area contributed by atoms with Gasteiger partial charge in [-0.1, -0.05) is 18.7 Å². The van der Waals surface area contributed by atoms with Crippen LogP contribution in [-0.2, 0) is 0 Å². The molecule has 0 aromatic heterocycles. The van der Waals surface area contributed by atoms with E-state index < -0.39 is 4.92 Å². The number of benzene rings is 2. The topological polar surface area (TPSA) is 93.5 Å². The first-order valence-corrected chi connectivity index (χ1v) is 6.54. The molecular weight excluding hydrogens is 280 g/mol. The summed E-state index contributed by atoms with van der Waals surface area (Å²) in [5, 5.41) is 14.1. The molecule has 0 aliphatic rings. The molecule has 0 saturated heterocycles. The predicted octanol–water partition coefficient (Wildman–Crippen LogP) is 3.31. The Morgan fingerprint density at radius 1 is 1.36 bits per heavy atom. The molecule has 2 rings (SSSR count). The lowest BCUT2D eigenvalue weighted by Crippen LogP contribution is -2.02.